The molecule has 13 heteroatoms. The van der Waals surface area contributed by atoms with Crippen molar-refractivity contribution in [3.63, 3.8) is 0 Å². The second-order valence-corrected chi connectivity index (χ2v) is 13.5. The molecule has 1 aliphatic heterocycles. The minimum atomic E-state index is -0.793. The molecule has 2 aromatic carbocycles. The maximum Gasteiger partial charge on any atom is 0.236 e. The average Bonchev–Trinajstić information content (AvgIpc) is 3.87. The molecule has 0 amide bonds. The van der Waals surface area contributed by atoms with Crippen LogP contribution in [0.15, 0.2) is 69.7 Å². The van der Waals surface area contributed by atoms with Crippen LogP contribution in [0.25, 0.3) is 20.9 Å². The highest BCUT2D eigenvalue weighted by molar-refractivity contribution is 7.25. The highest BCUT2D eigenvalue weighted by Gasteiger charge is 2.47. The molecule has 0 bridgehead atoms. The number of carbonyl (C=O) groups is 2. The van der Waals surface area contributed by atoms with Gasteiger partial charge in [-0.1, -0.05) is 77.6 Å². The minimum Gasteiger partial charge on any atom is -0.463 e. The summed E-state index contributed by atoms with van der Waals surface area (Å²) in [7, 11) is 0. The summed E-state index contributed by atoms with van der Waals surface area (Å²) in [5.41, 5.74) is 1.35. The zero-order valence-corrected chi connectivity index (χ0v) is 26.9. The van der Waals surface area contributed by atoms with Crippen molar-refractivity contribution < 1.29 is 14.3 Å². The number of ether oxygens (including phenoxy) is 1. The van der Waals surface area contributed by atoms with E-state index in [1.165, 1.54) is 22.7 Å². The third-order valence-corrected chi connectivity index (χ3v) is 11.0. The minimum absolute atomic E-state index is 0.0231. The zero-order chi connectivity index (χ0) is 33.9. The lowest BCUT2D eigenvalue weighted by Crippen LogP contribution is -2.38. The molecule has 1 saturated carbocycles. The molecule has 232 valence electrons. The number of hydrogen-bond donors (Lipinski definition) is 0. The molecule has 11 nitrogen and oxygen atoms in total. The molecule has 0 unspecified atom stereocenters. The van der Waals surface area contributed by atoms with Crippen molar-refractivity contribution in [2.75, 3.05) is 0 Å². The molecule has 1 spiro atoms. The van der Waals surface area contributed by atoms with Crippen molar-refractivity contribution in [1.29, 1.82) is 21.0 Å². The number of thiazole rings is 2. The van der Waals surface area contributed by atoms with Gasteiger partial charge in [-0.3, -0.25) is 9.59 Å². The number of carbonyl (C=O) groups excluding carboxylic acids is 2. The van der Waals surface area contributed by atoms with Gasteiger partial charge in [0.2, 0.25) is 27.7 Å². The Balaban J connectivity index is 1.28. The van der Waals surface area contributed by atoms with E-state index in [0.29, 0.717) is 51.5 Å². The predicted octanol–water partition coefficient (Wildman–Crippen LogP) is 7.36. The Kier molecular flexibility index (Phi) is 6.97. The van der Waals surface area contributed by atoms with E-state index in [9.17, 15) is 30.6 Å². The molecule has 0 saturated heterocycles. The molecular weight excluding hydrogens is 657 g/mol. The molecule has 2 aromatic heterocycles. The SMILES string of the molecule is N#CC(C#N)=C1/C(=N/c2nc3c(s2)-c2sc(/N=C4\C(=O)c5ccccc5C4=C(C#N)C#N)nc2C2(CCCCC2)O3)C(=O)c2ccccc21. The summed E-state index contributed by atoms with van der Waals surface area (Å²) in [6, 6.07) is 21.1. The molecule has 0 atom stereocenters. The third kappa shape index (κ3) is 4.49. The molecular formula is C36H18N8O3S2. The molecule has 8 rings (SSSR count). The van der Waals surface area contributed by atoms with Gasteiger partial charge in [0, 0.05) is 22.3 Å². The number of ketones is 2. The van der Waals surface area contributed by atoms with Crippen LogP contribution in [0, 0.1) is 45.3 Å². The summed E-state index contributed by atoms with van der Waals surface area (Å²) in [5.74, 6) is -0.484. The van der Waals surface area contributed by atoms with Gasteiger partial charge in [0.15, 0.2) is 5.60 Å². The first-order valence-corrected chi connectivity index (χ1v) is 16.8. The highest BCUT2D eigenvalue weighted by Crippen LogP contribution is 2.57. The fourth-order valence-electron chi connectivity index (χ4n) is 6.79. The normalized spacial score (nSPS) is 18.1. The summed E-state index contributed by atoms with van der Waals surface area (Å²) in [6.45, 7) is 0. The predicted molar refractivity (Wildman–Crippen MR) is 181 cm³/mol. The van der Waals surface area contributed by atoms with Gasteiger partial charge < -0.3 is 4.74 Å². The van der Waals surface area contributed by atoms with Crippen molar-refractivity contribution in [3.05, 3.63) is 87.6 Å². The van der Waals surface area contributed by atoms with Gasteiger partial charge in [0.05, 0.1) is 4.88 Å². The fourth-order valence-corrected chi connectivity index (χ4v) is 8.82. The molecule has 4 aromatic rings. The summed E-state index contributed by atoms with van der Waals surface area (Å²) >= 11 is 2.42. The van der Waals surface area contributed by atoms with Crippen LogP contribution in [0.4, 0.5) is 10.3 Å². The number of hydrogen-bond acceptors (Lipinski definition) is 13. The van der Waals surface area contributed by atoms with Gasteiger partial charge in [-0.15, -0.1) is 0 Å². The van der Waals surface area contributed by atoms with Crippen molar-refractivity contribution in [2.45, 2.75) is 37.7 Å². The van der Waals surface area contributed by atoms with E-state index in [4.69, 9.17) is 14.7 Å². The third-order valence-electron chi connectivity index (χ3n) is 8.94. The van der Waals surface area contributed by atoms with E-state index in [1.807, 2.05) is 24.3 Å². The molecule has 49 heavy (non-hydrogen) atoms. The van der Waals surface area contributed by atoms with Gasteiger partial charge in [0.1, 0.15) is 57.4 Å². The first kappa shape index (κ1) is 30.0. The number of rotatable bonds is 2. The fraction of sp³-hybridized carbons (Fsp3) is 0.167. The second-order valence-electron chi connectivity index (χ2n) is 11.6. The lowest BCUT2D eigenvalue weighted by Gasteiger charge is -2.38. The molecule has 3 aliphatic carbocycles. The number of nitriles is 4. The topological polar surface area (TPSA) is 189 Å². The molecule has 4 aliphatic rings. The smallest absolute Gasteiger partial charge is 0.236 e. The molecule has 0 N–H and O–H groups in total. The number of Topliss-reactive ketones (excluding diaryl/α,β-unsaturated/α-hetero) is 2. The van der Waals surface area contributed by atoms with Crippen LogP contribution in [0.5, 0.6) is 5.88 Å². The van der Waals surface area contributed by atoms with E-state index in [1.54, 1.807) is 48.5 Å². The van der Waals surface area contributed by atoms with Crippen LogP contribution in [0.1, 0.15) is 69.6 Å². The number of nitrogens with zero attached hydrogens (tertiary/aromatic N) is 8. The Morgan fingerprint density at radius 1 is 0.673 bits per heavy atom. The Hall–Kier alpha value is -6.38. The van der Waals surface area contributed by atoms with E-state index in [2.05, 4.69) is 9.98 Å². The lowest BCUT2D eigenvalue weighted by atomic mass is 9.81. The van der Waals surface area contributed by atoms with Gasteiger partial charge in [-0.05, 0) is 36.8 Å². The zero-order valence-electron chi connectivity index (χ0n) is 25.3. The average molecular weight is 675 g/mol. The van der Waals surface area contributed by atoms with Crippen LogP contribution >= 0.6 is 22.7 Å². The van der Waals surface area contributed by atoms with Gasteiger partial charge in [-0.25, -0.2) is 15.0 Å². The van der Waals surface area contributed by atoms with Crippen LogP contribution in [0.2, 0.25) is 0 Å². The number of benzene rings is 2. The summed E-state index contributed by atoms with van der Waals surface area (Å²) < 4.78 is 6.65. The molecule has 1 fully saturated rings. The molecule has 3 heterocycles. The first-order chi connectivity index (χ1) is 23.9. The lowest BCUT2D eigenvalue weighted by molar-refractivity contribution is 0.0170. The summed E-state index contributed by atoms with van der Waals surface area (Å²) in [6.07, 6.45) is 4.19. The maximum absolute atomic E-state index is 13.6. The maximum atomic E-state index is 13.6. The quantitative estimate of drug-likeness (QED) is 0.196. The Labute approximate surface area is 286 Å². The van der Waals surface area contributed by atoms with Crippen LogP contribution in [-0.2, 0) is 5.60 Å². The second kappa shape index (κ2) is 11.4. The standard InChI is InChI=1S/C36H18N8O3S2/c37-14-18(15-38)24-20-8-2-4-10-22(20)28(45)26(24)41-34-43-32-30(48-34)31-33(47-36(32)12-6-1-7-13-36)44-35(49-31)42-27-25(19(16-39)17-40)21-9-3-5-11-23(21)29(27)46/h2-5,8-11H,1,6-7,12-13H2/b41-26-,42-27-. The van der Waals surface area contributed by atoms with Crippen LogP contribution in [-0.4, -0.2) is 33.0 Å². The van der Waals surface area contributed by atoms with Crippen LogP contribution in [0.3, 0.4) is 0 Å². The van der Waals surface area contributed by atoms with E-state index in [-0.39, 0.29) is 44.0 Å². The Bertz CT molecular complexity index is 2470. The van der Waals surface area contributed by atoms with Gasteiger partial charge in [-0.2, -0.15) is 26.0 Å². The van der Waals surface area contributed by atoms with E-state index in [0.717, 1.165) is 24.1 Å². The molecule has 0 radical (unpaired) electrons. The Morgan fingerprint density at radius 3 is 1.65 bits per heavy atom. The Morgan fingerprint density at radius 2 is 1.14 bits per heavy atom. The number of fused-ring (bicyclic) bond motifs is 6. The summed E-state index contributed by atoms with van der Waals surface area (Å²) in [5, 5.41) is 39.4. The largest absolute Gasteiger partial charge is 0.463 e. The van der Waals surface area contributed by atoms with Crippen molar-refractivity contribution in [3.8, 4) is 39.9 Å². The first-order valence-electron chi connectivity index (χ1n) is 15.2. The highest BCUT2D eigenvalue weighted by atomic mass is 32.1. The summed E-state index contributed by atoms with van der Waals surface area (Å²) in [4.78, 5) is 47.3. The number of aliphatic imine (C=N–C) groups is 2. The van der Waals surface area contributed by atoms with Crippen molar-refractivity contribution in [1.82, 2.24) is 9.97 Å². The monoisotopic (exact) mass is 674 g/mol. The van der Waals surface area contributed by atoms with Crippen molar-refractivity contribution >= 4 is 67.1 Å². The van der Waals surface area contributed by atoms with E-state index >= 15 is 0 Å². The van der Waals surface area contributed by atoms with Gasteiger partial charge >= 0.3 is 0 Å². The van der Waals surface area contributed by atoms with Gasteiger partial charge in [0.25, 0.3) is 0 Å². The number of aromatic nitrogens is 2. The van der Waals surface area contributed by atoms with Crippen molar-refractivity contribution in [2.24, 2.45) is 9.98 Å². The van der Waals surface area contributed by atoms with E-state index < -0.39 is 17.2 Å². The number of allylic oxidation sites excluding steroid dienone is 4. The van der Waals surface area contributed by atoms with Crippen LogP contribution < -0.4 is 4.74 Å².